The predicted molar refractivity (Wildman–Crippen MR) is 109 cm³/mol. The van der Waals surface area contributed by atoms with Crippen LogP contribution in [0.1, 0.15) is 23.8 Å². The largest absolute Gasteiger partial charge is 0.494 e. The Balaban J connectivity index is 1.86. The number of anilines is 1. The number of carbonyl (C=O) groups excluding carboxylic acids is 1. The summed E-state index contributed by atoms with van der Waals surface area (Å²) in [5.74, 6) is 0.462. The minimum absolute atomic E-state index is 0.217. The van der Waals surface area contributed by atoms with E-state index in [9.17, 15) is 4.79 Å². The normalized spacial score (nSPS) is 10.3. The number of hydrogen-bond donors (Lipinski definition) is 1. The van der Waals surface area contributed by atoms with E-state index in [0.29, 0.717) is 28.7 Å². The number of nitriles is 1. The van der Waals surface area contributed by atoms with Gasteiger partial charge in [-0.3, -0.25) is 9.89 Å². The van der Waals surface area contributed by atoms with Gasteiger partial charge < -0.3 is 9.64 Å². The zero-order valence-electron chi connectivity index (χ0n) is 15.4. The third-order valence-electron chi connectivity index (χ3n) is 4.08. The van der Waals surface area contributed by atoms with E-state index in [-0.39, 0.29) is 18.9 Å². The van der Waals surface area contributed by atoms with Crippen LogP contribution < -0.4 is 9.64 Å². The summed E-state index contributed by atoms with van der Waals surface area (Å²) in [6.45, 7) is 2.75. The molecule has 6 nitrogen and oxygen atoms in total. The van der Waals surface area contributed by atoms with Crippen molar-refractivity contribution in [2.75, 3.05) is 18.1 Å². The smallest absolute Gasteiger partial charge is 0.276 e. The van der Waals surface area contributed by atoms with Crippen molar-refractivity contribution in [2.24, 2.45) is 0 Å². The molecule has 0 unspecified atom stereocenters. The van der Waals surface area contributed by atoms with Gasteiger partial charge in [-0.05, 0) is 49.4 Å². The molecule has 0 saturated carbocycles. The summed E-state index contributed by atoms with van der Waals surface area (Å²) in [4.78, 5) is 14.6. The zero-order valence-corrected chi connectivity index (χ0v) is 16.1. The van der Waals surface area contributed by atoms with Gasteiger partial charge in [-0.15, -0.1) is 0 Å². The quantitative estimate of drug-likeness (QED) is 0.630. The number of benzene rings is 2. The standard InChI is InChI=1S/C21H19ClN4O2/c1-2-28-18-9-7-17(8-10-18)26(12-4-11-23)21(27)20-14-19(24-25-20)15-5-3-6-16(22)13-15/h3,5-10,13-14H,2,4,12H2,1H3,(H,24,25). The number of halogens is 1. The number of rotatable bonds is 7. The highest BCUT2D eigenvalue weighted by Crippen LogP contribution is 2.24. The summed E-state index contributed by atoms with van der Waals surface area (Å²) in [5.41, 5.74) is 2.45. The lowest BCUT2D eigenvalue weighted by atomic mass is 10.1. The zero-order chi connectivity index (χ0) is 19.9. The van der Waals surface area contributed by atoms with Crippen molar-refractivity contribution in [3.05, 3.63) is 65.3 Å². The average molecular weight is 395 g/mol. The highest BCUT2D eigenvalue weighted by molar-refractivity contribution is 6.30. The number of nitrogens with one attached hydrogen (secondary N) is 1. The van der Waals surface area contributed by atoms with Gasteiger partial charge in [0.25, 0.3) is 5.91 Å². The first kappa shape index (κ1) is 19.5. The van der Waals surface area contributed by atoms with Crippen molar-refractivity contribution in [3.63, 3.8) is 0 Å². The second-order valence-corrected chi connectivity index (χ2v) is 6.41. The molecule has 1 N–H and O–H groups in total. The molecule has 0 atom stereocenters. The van der Waals surface area contributed by atoms with Crippen LogP contribution in [0.4, 0.5) is 5.69 Å². The predicted octanol–water partition coefficient (Wildman–Crippen LogP) is 4.69. The van der Waals surface area contributed by atoms with Crippen molar-refractivity contribution >= 4 is 23.2 Å². The molecule has 0 aliphatic carbocycles. The molecule has 1 heterocycles. The monoisotopic (exact) mass is 394 g/mol. The molecule has 1 aromatic heterocycles. The Morgan fingerprint density at radius 3 is 2.71 bits per heavy atom. The number of ether oxygens (including phenoxy) is 1. The maximum absolute atomic E-state index is 13.1. The van der Waals surface area contributed by atoms with Crippen molar-refractivity contribution < 1.29 is 9.53 Å². The molecule has 0 bridgehead atoms. The molecule has 3 aromatic rings. The van der Waals surface area contributed by atoms with E-state index in [4.69, 9.17) is 21.6 Å². The molecule has 1 amide bonds. The molecular formula is C21H19ClN4O2. The first-order valence-corrected chi connectivity index (χ1v) is 9.23. The fourth-order valence-corrected chi connectivity index (χ4v) is 2.96. The minimum Gasteiger partial charge on any atom is -0.494 e. The second-order valence-electron chi connectivity index (χ2n) is 5.97. The third kappa shape index (κ3) is 4.51. The molecule has 0 radical (unpaired) electrons. The molecule has 142 valence electrons. The summed E-state index contributed by atoms with van der Waals surface area (Å²) in [5, 5.41) is 16.6. The number of hydrogen-bond acceptors (Lipinski definition) is 4. The van der Waals surface area contributed by atoms with E-state index < -0.39 is 0 Å². The van der Waals surface area contributed by atoms with Crippen molar-refractivity contribution in [1.29, 1.82) is 5.26 Å². The van der Waals surface area contributed by atoms with E-state index in [2.05, 4.69) is 16.3 Å². The van der Waals surface area contributed by atoms with Gasteiger partial charge >= 0.3 is 0 Å². The van der Waals surface area contributed by atoms with Crippen molar-refractivity contribution in [1.82, 2.24) is 10.2 Å². The second kappa shape index (κ2) is 9.07. The van der Waals surface area contributed by atoms with Gasteiger partial charge in [0.15, 0.2) is 0 Å². The molecule has 0 spiro atoms. The molecule has 0 aliphatic heterocycles. The van der Waals surface area contributed by atoms with Crippen LogP contribution in [-0.4, -0.2) is 29.3 Å². The molecular weight excluding hydrogens is 376 g/mol. The van der Waals surface area contributed by atoms with E-state index in [0.717, 1.165) is 11.3 Å². The Morgan fingerprint density at radius 1 is 1.25 bits per heavy atom. The Bertz CT molecular complexity index is 992. The molecule has 2 aromatic carbocycles. The summed E-state index contributed by atoms with van der Waals surface area (Å²) >= 11 is 6.03. The first-order valence-electron chi connectivity index (χ1n) is 8.85. The summed E-state index contributed by atoms with van der Waals surface area (Å²) in [6, 6.07) is 18.2. The number of aromatic nitrogens is 2. The number of aromatic amines is 1. The number of carbonyl (C=O) groups is 1. The van der Waals surface area contributed by atoms with Gasteiger partial charge in [0.1, 0.15) is 11.4 Å². The molecule has 0 aliphatic rings. The van der Waals surface area contributed by atoms with Crippen LogP contribution in [0.25, 0.3) is 11.3 Å². The molecule has 3 rings (SSSR count). The minimum atomic E-state index is -0.264. The van der Waals surface area contributed by atoms with Gasteiger partial charge in [-0.25, -0.2) is 0 Å². The van der Waals surface area contributed by atoms with E-state index in [1.54, 1.807) is 47.4 Å². The van der Waals surface area contributed by atoms with Gasteiger partial charge in [0.05, 0.1) is 24.8 Å². The van der Waals surface area contributed by atoms with Crippen LogP contribution in [-0.2, 0) is 0 Å². The average Bonchev–Trinajstić information content (AvgIpc) is 3.20. The summed E-state index contributed by atoms with van der Waals surface area (Å²) < 4.78 is 5.45. The van der Waals surface area contributed by atoms with Crippen LogP contribution in [0.15, 0.2) is 54.6 Å². The van der Waals surface area contributed by atoms with Crippen LogP contribution in [0, 0.1) is 11.3 Å². The van der Waals surface area contributed by atoms with Crippen LogP contribution in [0.2, 0.25) is 5.02 Å². The lowest BCUT2D eigenvalue weighted by Crippen LogP contribution is -2.32. The van der Waals surface area contributed by atoms with Crippen LogP contribution >= 0.6 is 11.6 Å². The molecule has 7 heteroatoms. The van der Waals surface area contributed by atoms with E-state index in [1.165, 1.54) is 0 Å². The Morgan fingerprint density at radius 2 is 2.04 bits per heavy atom. The SMILES string of the molecule is CCOc1ccc(N(CCC#N)C(=O)c2cc(-c3cccc(Cl)c3)n[nH]2)cc1. The lowest BCUT2D eigenvalue weighted by Gasteiger charge is -2.21. The molecule has 0 saturated heterocycles. The Kier molecular flexibility index (Phi) is 6.30. The number of H-pyrrole nitrogens is 1. The van der Waals surface area contributed by atoms with E-state index >= 15 is 0 Å². The van der Waals surface area contributed by atoms with E-state index in [1.807, 2.05) is 19.1 Å². The molecule has 28 heavy (non-hydrogen) atoms. The first-order chi connectivity index (χ1) is 13.6. The van der Waals surface area contributed by atoms with Gasteiger partial charge in [-0.1, -0.05) is 23.7 Å². The van der Waals surface area contributed by atoms with Crippen LogP contribution in [0.5, 0.6) is 5.75 Å². The maximum Gasteiger partial charge on any atom is 0.276 e. The highest BCUT2D eigenvalue weighted by atomic mass is 35.5. The summed E-state index contributed by atoms with van der Waals surface area (Å²) in [7, 11) is 0. The Hall–Kier alpha value is -3.30. The third-order valence-corrected chi connectivity index (χ3v) is 4.32. The van der Waals surface area contributed by atoms with Gasteiger partial charge in [0.2, 0.25) is 0 Å². The van der Waals surface area contributed by atoms with Gasteiger partial charge in [-0.2, -0.15) is 10.4 Å². The fourth-order valence-electron chi connectivity index (χ4n) is 2.77. The van der Waals surface area contributed by atoms with Gasteiger partial charge in [0, 0.05) is 22.8 Å². The fraction of sp³-hybridized carbons (Fsp3) is 0.190. The van der Waals surface area contributed by atoms with Crippen LogP contribution in [0.3, 0.4) is 0 Å². The summed E-state index contributed by atoms with van der Waals surface area (Å²) in [6.07, 6.45) is 0.217. The topological polar surface area (TPSA) is 82.0 Å². The maximum atomic E-state index is 13.1. The number of amides is 1. The van der Waals surface area contributed by atoms with Crippen molar-refractivity contribution in [3.8, 4) is 23.1 Å². The number of nitrogens with zero attached hydrogens (tertiary/aromatic N) is 3. The lowest BCUT2D eigenvalue weighted by molar-refractivity contribution is 0.0982. The van der Waals surface area contributed by atoms with Crippen molar-refractivity contribution in [2.45, 2.75) is 13.3 Å². The highest BCUT2D eigenvalue weighted by Gasteiger charge is 2.20. The molecule has 0 fully saturated rings. The Labute approximate surface area is 168 Å².